The normalized spacial score (nSPS) is 19.3. The third kappa shape index (κ3) is 3.09. The van der Waals surface area contributed by atoms with Crippen molar-refractivity contribution in [3.8, 4) is 5.75 Å². The number of methoxy groups -OCH3 is 1. The fourth-order valence-electron chi connectivity index (χ4n) is 2.34. The molecule has 1 aromatic carbocycles. The van der Waals surface area contributed by atoms with Crippen LogP contribution in [0.1, 0.15) is 17.9 Å². The summed E-state index contributed by atoms with van der Waals surface area (Å²) in [5, 5.41) is 7.34. The molecule has 1 saturated carbocycles. The number of benzene rings is 1. The van der Waals surface area contributed by atoms with E-state index in [1.807, 2.05) is 24.3 Å². The average molecular weight is 317 g/mol. The van der Waals surface area contributed by atoms with Crippen LogP contribution in [0.15, 0.2) is 35.8 Å². The lowest BCUT2D eigenvalue weighted by atomic mass is 10.1. The number of aromatic nitrogens is 1. The van der Waals surface area contributed by atoms with Gasteiger partial charge < -0.3 is 10.1 Å². The first-order valence-corrected chi connectivity index (χ1v) is 7.71. The van der Waals surface area contributed by atoms with E-state index in [2.05, 4.69) is 15.6 Å². The van der Waals surface area contributed by atoms with Gasteiger partial charge in [-0.2, -0.15) is 0 Å². The number of nitrogens with zero attached hydrogens (tertiary/aromatic N) is 1. The van der Waals surface area contributed by atoms with Gasteiger partial charge in [-0.3, -0.25) is 14.9 Å². The molecular weight excluding hydrogens is 302 g/mol. The number of ether oxygens (including phenoxy) is 1. The highest BCUT2D eigenvalue weighted by atomic mass is 32.1. The molecule has 0 unspecified atom stereocenters. The zero-order valence-corrected chi connectivity index (χ0v) is 12.7. The van der Waals surface area contributed by atoms with E-state index >= 15 is 0 Å². The number of nitrogens with one attached hydrogen (secondary N) is 2. The zero-order valence-electron chi connectivity index (χ0n) is 11.9. The van der Waals surface area contributed by atoms with Crippen molar-refractivity contribution in [3.05, 3.63) is 41.4 Å². The van der Waals surface area contributed by atoms with Crippen LogP contribution in [-0.4, -0.2) is 29.9 Å². The largest absolute Gasteiger partial charge is 0.496 e. The first-order valence-electron chi connectivity index (χ1n) is 6.83. The maximum atomic E-state index is 11.9. The van der Waals surface area contributed by atoms with Crippen molar-refractivity contribution in [1.29, 1.82) is 0 Å². The Morgan fingerprint density at radius 2 is 2.14 bits per heavy atom. The number of rotatable bonds is 4. The number of hydrogen-bond donors (Lipinski definition) is 2. The molecule has 2 atom stereocenters. The van der Waals surface area contributed by atoms with E-state index < -0.39 is 11.8 Å². The summed E-state index contributed by atoms with van der Waals surface area (Å²) in [7, 11) is 1.62. The van der Waals surface area contributed by atoms with E-state index in [-0.39, 0.29) is 12.0 Å². The van der Waals surface area contributed by atoms with Gasteiger partial charge in [-0.15, -0.1) is 11.3 Å². The highest BCUT2D eigenvalue weighted by molar-refractivity contribution is 7.13. The minimum atomic E-state index is -0.694. The Morgan fingerprint density at radius 1 is 1.32 bits per heavy atom. The lowest BCUT2D eigenvalue weighted by molar-refractivity contribution is -0.136. The molecule has 0 spiro atoms. The van der Waals surface area contributed by atoms with Crippen molar-refractivity contribution in [1.82, 2.24) is 10.3 Å². The quantitative estimate of drug-likeness (QED) is 0.842. The van der Waals surface area contributed by atoms with Gasteiger partial charge in [0.15, 0.2) is 5.13 Å². The first-order chi connectivity index (χ1) is 10.7. The average Bonchev–Trinajstić information content (AvgIpc) is 3.09. The second kappa shape index (κ2) is 6.15. The Labute approximate surface area is 131 Å². The number of thiazole rings is 1. The highest BCUT2D eigenvalue weighted by Gasteiger charge is 2.41. The molecule has 0 saturated heterocycles. The van der Waals surface area contributed by atoms with Crippen LogP contribution >= 0.6 is 11.3 Å². The summed E-state index contributed by atoms with van der Waals surface area (Å²) in [5.41, 5.74) is 1.05. The molecule has 114 valence electrons. The Morgan fingerprint density at radius 3 is 2.86 bits per heavy atom. The topological polar surface area (TPSA) is 80.3 Å². The maximum Gasteiger partial charge on any atom is 0.315 e. The van der Waals surface area contributed by atoms with Crippen LogP contribution in [0.2, 0.25) is 0 Å². The van der Waals surface area contributed by atoms with Crippen molar-refractivity contribution in [3.63, 3.8) is 0 Å². The van der Waals surface area contributed by atoms with Crippen LogP contribution in [0, 0.1) is 0 Å². The molecule has 1 aliphatic rings. The fraction of sp³-hybridized carbons (Fsp3) is 0.267. The van der Waals surface area contributed by atoms with Crippen LogP contribution in [0.3, 0.4) is 0 Å². The Bertz CT molecular complexity index is 687. The Balaban J connectivity index is 1.57. The summed E-state index contributed by atoms with van der Waals surface area (Å²) < 4.78 is 5.32. The number of carbonyl (C=O) groups excluding carboxylic acids is 2. The van der Waals surface area contributed by atoms with Gasteiger partial charge in [-0.25, -0.2) is 4.98 Å². The Kier molecular flexibility index (Phi) is 4.06. The van der Waals surface area contributed by atoms with Crippen molar-refractivity contribution in [2.75, 3.05) is 12.4 Å². The molecule has 2 amide bonds. The van der Waals surface area contributed by atoms with Gasteiger partial charge in [0.25, 0.3) is 0 Å². The molecule has 6 nitrogen and oxygen atoms in total. The number of para-hydroxylation sites is 1. The molecule has 1 aliphatic carbocycles. The predicted octanol–water partition coefficient (Wildman–Crippen LogP) is 1.76. The van der Waals surface area contributed by atoms with Gasteiger partial charge in [-0.05, 0) is 18.1 Å². The van der Waals surface area contributed by atoms with Gasteiger partial charge in [0, 0.05) is 23.5 Å². The van der Waals surface area contributed by atoms with E-state index in [4.69, 9.17) is 4.74 Å². The van der Waals surface area contributed by atoms with Gasteiger partial charge in [0.1, 0.15) is 5.75 Å². The van der Waals surface area contributed by atoms with Crippen LogP contribution < -0.4 is 15.4 Å². The summed E-state index contributed by atoms with van der Waals surface area (Å²) in [6.45, 7) is 0. The van der Waals surface area contributed by atoms with E-state index in [0.717, 1.165) is 17.7 Å². The third-order valence-corrected chi connectivity index (χ3v) is 4.19. The SMILES string of the molecule is COc1ccccc1[C@@H]1C[C@@H]1NC(=O)C(=O)Nc1nccs1. The lowest BCUT2D eigenvalue weighted by Gasteiger charge is -2.08. The minimum absolute atomic E-state index is 0.0363. The molecule has 0 bridgehead atoms. The molecule has 1 heterocycles. The molecule has 3 rings (SSSR count). The van der Waals surface area contributed by atoms with Crippen molar-refractivity contribution in [2.45, 2.75) is 18.4 Å². The van der Waals surface area contributed by atoms with E-state index in [0.29, 0.717) is 5.13 Å². The minimum Gasteiger partial charge on any atom is -0.496 e. The number of carbonyl (C=O) groups is 2. The summed E-state index contributed by atoms with van der Waals surface area (Å²) >= 11 is 1.27. The number of anilines is 1. The molecule has 2 N–H and O–H groups in total. The molecule has 0 aliphatic heterocycles. The number of hydrogen-bond acceptors (Lipinski definition) is 5. The monoisotopic (exact) mass is 317 g/mol. The van der Waals surface area contributed by atoms with Crippen LogP contribution in [0.25, 0.3) is 0 Å². The fourth-order valence-corrected chi connectivity index (χ4v) is 2.87. The van der Waals surface area contributed by atoms with Crippen LogP contribution in [-0.2, 0) is 9.59 Å². The molecule has 0 radical (unpaired) electrons. The summed E-state index contributed by atoms with van der Waals surface area (Å²) in [6, 6.07) is 7.67. The van der Waals surface area contributed by atoms with Gasteiger partial charge in [-0.1, -0.05) is 18.2 Å². The number of amides is 2. The predicted molar refractivity (Wildman–Crippen MR) is 83.0 cm³/mol. The summed E-state index contributed by atoms with van der Waals surface area (Å²) in [6.07, 6.45) is 2.37. The smallest absolute Gasteiger partial charge is 0.315 e. The van der Waals surface area contributed by atoms with Crippen LogP contribution in [0.4, 0.5) is 5.13 Å². The van der Waals surface area contributed by atoms with Crippen molar-refractivity contribution < 1.29 is 14.3 Å². The molecule has 1 fully saturated rings. The van der Waals surface area contributed by atoms with E-state index in [9.17, 15) is 9.59 Å². The van der Waals surface area contributed by atoms with Gasteiger partial charge in [0.2, 0.25) is 0 Å². The summed E-state index contributed by atoms with van der Waals surface area (Å²) in [5.74, 6) is -0.345. The van der Waals surface area contributed by atoms with E-state index in [1.54, 1.807) is 18.7 Å². The van der Waals surface area contributed by atoms with Crippen molar-refractivity contribution >= 4 is 28.3 Å². The van der Waals surface area contributed by atoms with E-state index in [1.165, 1.54) is 11.3 Å². The van der Waals surface area contributed by atoms with Crippen LogP contribution in [0.5, 0.6) is 5.75 Å². The van der Waals surface area contributed by atoms with Crippen molar-refractivity contribution in [2.24, 2.45) is 0 Å². The Hall–Kier alpha value is -2.41. The maximum absolute atomic E-state index is 11.9. The molecule has 1 aromatic heterocycles. The first kappa shape index (κ1) is 14.5. The zero-order chi connectivity index (χ0) is 15.5. The third-order valence-electron chi connectivity index (χ3n) is 3.50. The second-order valence-electron chi connectivity index (χ2n) is 4.96. The molecular formula is C15H15N3O3S. The highest BCUT2D eigenvalue weighted by Crippen LogP contribution is 2.44. The summed E-state index contributed by atoms with van der Waals surface area (Å²) in [4.78, 5) is 27.5. The standard InChI is InChI=1S/C15H15N3O3S/c1-21-12-5-3-2-4-9(12)10-8-11(10)17-13(19)14(20)18-15-16-6-7-22-15/h2-7,10-11H,8H2,1H3,(H,17,19)(H,16,18,20)/t10-,11-/m0/s1. The van der Waals surface area contributed by atoms with Gasteiger partial charge in [0.05, 0.1) is 7.11 Å². The second-order valence-corrected chi connectivity index (χ2v) is 5.85. The van der Waals surface area contributed by atoms with Gasteiger partial charge >= 0.3 is 11.8 Å². The molecule has 7 heteroatoms. The molecule has 2 aromatic rings. The molecule has 22 heavy (non-hydrogen) atoms. The lowest BCUT2D eigenvalue weighted by Crippen LogP contribution is -2.37.